The van der Waals surface area contributed by atoms with E-state index in [-0.39, 0.29) is 6.04 Å². The summed E-state index contributed by atoms with van der Waals surface area (Å²) in [5.74, 6) is 6.56. The second-order valence-corrected chi connectivity index (χ2v) is 5.97. The topological polar surface area (TPSA) is 55.9 Å². The predicted molar refractivity (Wildman–Crippen MR) is 84.5 cm³/mol. The van der Waals surface area contributed by atoms with Crippen molar-refractivity contribution in [3.05, 3.63) is 47.8 Å². The van der Waals surface area contributed by atoms with Crippen molar-refractivity contribution in [3.8, 4) is 0 Å². The molecule has 1 aromatic heterocycles. The molecule has 1 unspecified atom stereocenters. The fraction of sp³-hybridized carbons (Fsp3) is 0.400. The normalized spacial score (nSPS) is 12.6. The summed E-state index contributed by atoms with van der Waals surface area (Å²) in [6.07, 6.45) is 5.06. The number of rotatable bonds is 7. The average Bonchev–Trinajstić information content (AvgIpc) is 2.91. The first kappa shape index (κ1) is 15.1. The third-order valence-corrected chi connectivity index (χ3v) is 4.25. The molecule has 0 fully saturated rings. The largest absolute Gasteiger partial charge is 0.272 e. The Morgan fingerprint density at radius 2 is 2.10 bits per heavy atom. The van der Waals surface area contributed by atoms with Gasteiger partial charge in [-0.15, -0.1) is 11.8 Å². The fourth-order valence-corrected chi connectivity index (χ4v) is 2.94. The highest BCUT2D eigenvalue weighted by atomic mass is 32.2. The highest BCUT2D eigenvalue weighted by Crippen LogP contribution is 2.24. The Labute approximate surface area is 124 Å². The lowest BCUT2D eigenvalue weighted by Crippen LogP contribution is -2.29. The molecule has 0 radical (unpaired) electrons. The Bertz CT molecular complexity index is 521. The van der Waals surface area contributed by atoms with Crippen LogP contribution >= 0.6 is 11.8 Å². The molecular formula is C15H22N4S. The zero-order chi connectivity index (χ0) is 14.4. The van der Waals surface area contributed by atoms with E-state index in [1.807, 2.05) is 10.9 Å². The first-order valence-corrected chi connectivity index (χ1v) is 7.89. The first-order valence-electron chi connectivity index (χ1n) is 6.91. The van der Waals surface area contributed by atoms with E-state index in [2.05, 4.69) is 54.8 Å². The van der Waals surface area contributed by atoms with Crippen molar-refractivity contribution in [2.24, 2.45) is 5.84 Å². The summed E-state index contributed by atoms with van der Waals surface area (Å²) >= 11 is 1.80. The number of nitrogens with two attached hydrogens (primary N) is 1. The van der Waals surface area contributed by atoms with Crippen molar-refractivity contribution in [1.82, 2.24) is 15.2 Å². The van der Waals surface area contributed by atoms with E-state index in [0.29, 0.717) is 0 Å². The van der Waals surface area contributed by atoms with Crippen LogP contribution in [0.2, 0.25) is 0 Å². The van der Waals surface area contributed by atoms with Gasteiger partial charge in [0, 0.05) is 29.0 Å². The van der Waals surface area contributed by atoms with Gasteiger partial charge in [0.05, 0.1) is 12.2 Å². The molecule has 0 saturated carbocycles. The highest BCUT2D eigenvalue weighted by Gasteiger charge is 2.12. The number of nitrogens with one attached hydrogen (secondary N) is 1. The molecule has 20 heavy (non-hydrogen) atoms. The maximum atomic E-state index is 5.68. The van der Waals surface area contributed by atoms with E-state index in [9.17, 15) is 0 Å². The van der Waals surface area contributed by atoms with Crippen molar-refractivity contribution in [3.63, 3.8) is 0 Å². The van der Waals surface area contributed by atoms with Gasteiger partial charge in [-0.25, -0.2) is 0 Å². The van der Waals surface area contributed by atoms with Crippen LogP contribution in [0.1, 0.15) is 30.5 Å². The van der Waals surface area contributed by atoms with E-state index >= 15 is 0 Å². The van der Waals surface area contributed by atoms with Crippen LogP contribution in [-0.2, 0) is 6.54 Å². The molecule has 1 aromatic carbocycles. The number of benzene rings is 1. The first-order chi connectivity index (χ1) is 9.72. The number of thioether (sulfide) groups is 1. The molecule has 0 aliphatic rings. The molecule has 4 nitrogen and oxygen atoms in total. The van der Waals surface area contributed by atoms with Crippen LogP contribution in [0, 0.1) is 6.92 Å². The average molecular weight is 290 g/mol. The van der Waals surface area contributed by atoms with E-state index in [0.717, 1.165) is 24.3 Å². The lowest BCUT2D eigenvalue weighted by molar-refractivity contribution is 0.592. The Morgan fingerprint density at radius 3 is 2.75 bits per heavy atom. The van der Waals surface area contributed by atoms with E-state index < -0.39 is 0 Å². The summed E-state index contributed by atoms with van der Waals surface area (Å²) < 4.78 is 1.97. The quantitative estimate of drug-likeness (QED) is 0.468. The molecular weight excluding hydrogens is 268 g/mol. The molecule has 1 heterocycles. The SMILES string of the molecule is CCCn1cc(C(CSc2ccc(C)cc2)NN)cn1. The summed E-state index contributed by atoms with van der Waals surface area (Å²) in [4.78, 5) is 1.26. The number of hydrogen-bond donors (Lipinski definition) is 2. The second-order valence-electron chi connectivity index (χ2n) is 4.88. The van der Waals surface area contributed by atoms with Crippen LogP contribution < -0.4 is 11.3 Å². The van der Waals surface area contributed by atoms with Crippen LogP contribution in [-0.4, -0.2) is 15.5 Å². The molecule has 0 aliphatic heterocycles. The third-order valence-electron chi connectivity index (χ3n) is 3.15. The van der Waals surface area contributed by atoms with Gasteiger partial charge in [-0.05, 0) is 25.5 Å². The molecule has 0 aliphatic carbocycles. The maximum absolute atomic E-state index is 5.68. The standard InChI is InChI=1S/C15H22N4S/c1-3-8-19-10-13(9-17-19)15(18-16)11-20-14-6-4-12(2)5-7-14/h4-7,9-10,15,18H,3,8,11,16H2,1-2H3. The van der Waals surface area contributed by atoms with Crippen LogP contribution in [0.4, 0.5) is 0 Å². The van der Waals surface area contributed by atoms with Crippen LogP contribution in [0.5, 0.6) is 0 Å². The van der Waals surface area contributed by atoms with Gasteiger partial charge in [0.2, 0.25) is 0 Å². The number of hydrazine groups is 1. The number of aryl methyl sites for hydroxylation is 2. The van der Waals surface area contributed by atoms with Gasteiger partial charge in [-0.3, -0.25) is 16.0 Å². The minimum absolute atomic E-state index is 0.118. The van der Waals surface area contributed by atoms with Crippen LogP contribution in [0.3, 0.4) is 0 Å². The molecule has 0 bridgehead atoms. The van der Waals surface area contributed by atoms with E-state index in [1.54, 1.807) is 11.8 Å². The minimum atomic E-state index is 0.118. The van der Waals surface area contributed by atoms with E-state index in [4.69, 9.17) is 5.84 Å². The zero-order valence-corrected chi connectivity index (χ0v) is 12.9. The molecule has 0 amide bonds. The van der Waals surface area contributed by atoms with Crippen molar-refractivity contribution in [2.75, 3.05) is 5.75 Å². The van der Waals surface area contributed by atoms with Crippen molar-refractivity contribution >= 4 is 11.8 Å². The summed E-state index contributed by atoms with van der Waals surface area (Å²) in [6, 6.07) is 8.67. The summed E-state index contributed by atoms with van der Waals surface area (Å²) in [5, 5.41) is 4.35. The van der Waals surface area contributed by atoms with Gasteiger partial charge in [-0.1, -0.05) is 24.6 Å². The van der Waals surface area contributed by atoms with Gasteiger partial charge >= 0.3 is 0 Å². The summed E-state index contributed by atoms with van der Waals surface area (Å²) in [5.41, 5.74) is 5.30. The molecule has 5 heteroatoms. The van der Waals surface area contributed by atoms with Crippen molar-refractivity contribution < 1.29 is 0 Å². The van der Waals surface area contributed by atoms with Crippen molar-refractivity contribution in [2.45, 2.75) is 37.8 Å². The van der Waals surface area contributed by atoms with E-state index in [1.165, 1.54) is 10.5 Å². The fourth-order valence-electron chi connectivity index (χ4n) is 1.97. The summed E-state index contributed by atoms with van der Waals surface area (Å²) in [7, 11) is 0. The lowest BCUT2D eigenvalue weighted by atomic mass is 10.2. The predicted octanol–water partition coefficient (Wildman–Crippen LogP) is 2.90. The zero-order valence-electron chi connectivity index (χ0n) is 12.0. The Hall–Kier alpha value is -1.30. The molecule has 2 aromatic rings. The monoisotopic (exact) mass is 290 g/mol. The number of nitrogens with zero attached hydrogens (tertiary/aromatic N) is 2. The second kappa shape index (κ2) is 7.47. The van der Waals surface area contributed by atoms with Crippen LogP contribution in [0.25, 0.3) is 0 Å². The number of hydrogen-bond acceptors (Lipinski definition) is 4. The van der Waals surface area contributed by atoms with Gasteiger partial charge < -0.3 is 0 Å². The molecule has 108 valence electrons. The number of aromatic nitrogens is 2. The van der Waals surface area contributed by atoms with Crippen molar-refractivity contribution in [1.29, 1.82) is 0 Å². The minimum Gasteiger partial charge on any atom is -0.272 e. The smallest absolute Gasteiger partial charge is 0.0584 e. The van der Waals surface area contributed by atoms with Gasteiger partial charge in [0.1, 0.15) is 0 Å². The lowest BCUT2D eigenvalue weighted by Gasteiger charge is -2.13. The van der Waals surface area contributed by atoms with Gasteiger partial charge in [0.25, 0.3) is 0 Å². The third kappa shape index (κ3) is 4.10. The molecule has 0 spiro atoms. The van der Waals surface area contributed by atoms with Gasteiger partial charge in [0.15, 0.2) is 0 Å². The maximum Gasteiger partial charge on any atom is 0.0584 e. The molecule has 3 N–H and O–H groups in total. The molecule has 1 atom stereocenters. The highest BCUT2D eigenvalue weighted by molar-refractivity contribution is 7.99. The summed E-state index contributed by atoms with van der Waals surface area (Å²) in [6.45, 7) is 5.19. The van der Waals surface area contributed by atoms with Gasteiger partial charge in [-0.2, -0.15) is 5.10 Å². The Kier molecular flexibility index (Phi) is 5.64. The molecule has 2 rings (SSSR count). The molecule has 0 saturated heterocycles. The Morgan fingerprint density at radius 1 is 1.35 bits per heavy atom. The van der Waals surface area contributed by atoms with Crippen LogP contribution in [0.15, 0.2) is 41.6 Å². The Balaban J connectivity index is 1.95.